The highest BCUT2D eigenvalue weighted by Gasteiger charge is 2.13. The van der Waals surface area contributed by atoms with Crippen LogP contribution in [-0.4, -0.2) is 17.9 Å². The van der Waals surface area contributed by atoms with E-state index in [0.29, 0.717) is 18.0 Å². The molecule has 0 aliphatic rings. The fourth-order valence-electron chi connectivity index (χ4n) is 1.83. The van der Waals surface area contributed by atoms with Crippen molar-refractivity contribution in [1.29, 1.82) is 0 Å². The first kappa shape index (κ1) is 13.7. The first-order chi connectivity index (χ1) is 9.10. The van der Waals surface area contributed by atoms with E-state index in [0.717, 1.165) is 17.1 Å². The second-order valence-corrected chi connectivity index (χ2v) is 4.77. The van der Waals surface area contributed by atoms with Gasteiger partial charge in [-0.1, -0.05) is 12.1 Å². The molecular weight excluding hydrogens is 262 g/mol. The third-order valence-electron chi connectivity index (χ3n) is 2.89. The van der Waals surface area contributed by atoms with Crippen molar-refractivity contribution >= 4 is 17.5 Å². The van der Waals surface area contributed by atoms with Crippen molar-refractivity contribution in [3.05, 3.63) is 59.0 Å². The number of rotatable bonds is 4. The molecule has 19 heavy (non-hydrogen) atoms. The van der Waals surface area contributed by atoms with Crippen molar-refractivity contribution in [2.75, 3.05) is 7.05 Å². The van der Waals surface area contributed by atoms with E-state index in [-0.39, 0.29) is 5.91 Å². The van der Waals surface area contributed by atoms with Gasteiger partial charge in [-0.05, 0) is 36.8 Å². The number of furan rings is 1. The minimum absolute atomic E-state index is 0.0322. The number of carbonyl (C=O) groups is 1. The smallest absolute Gasteiger partial charge is 0.254 e. The Bertz CT molecular complexity index is 560. The maximum Gasteiger partial charge on any atom is 0.254 e. The summed E-state index contributed by atoms with van der Waals surface area (Å²) < 4.78 is 5.47. The Labute approximate surface area is 117 Å². The van der Waals surface area contributed by atoms with Crippen LogP contribution >= 0.6 is 11.6 Å². The molecule has 0 fully saturated rings. The van der Waals surface area contributed by atoms with E-state index >= 15 is 0 Å². The summed E-state index contributed by atoms with van der Waals surface area (Å²) in [6.07, 6.45) is 0. The Morgan fingerprint density at radius 3 is 2.42 bits per heavy atom. The van der Waals surface area contributed by atoms with Crippen molar-refractivity contribution < 1.29 is 9.21 Å². The number of aryl methyl sites for hydroxylation is 1. The van der Waals surface area contributed by atoms with Gasteiger partial charge in [0.1, 0.15) is 11.5 Å². The molecule has 0 saturated carbocycles. The molecular formula is C15H16ClNO2. The van der Waals surface area contributed by atoms with Gasteiger partial charge >= 0.3 is 0 Å². The fraction of sp³-hybridized carbons (Fsp3) is 0.267. The summed E-state index contributed by atoms with van der Waals surface area (Å²) in [7, 11) is 1.76. The molecule has 1 heterocycles. The van der Waals surface area contributed by atoms with E-state index in [9.17, 15) is 4.79 Å². The molecule has 2 aromatic rings. The number of carbonyl (C=O) groups excluding carboxylic acids is 1. The lowest BCUT2D eigenvalue weighted by Crippen LogP contribution is -2.25. The molecule has 2 rings (SSSR count). The van der Waals surface area contributed by atoms with E-state index in [4.69, 9.17) is 16.0 Å². The van der Waals surface area contributed by atoms with Crippen LogP contribution in [0.1, 0.15) is 27.4 Å². The van der Waals surface area contributed by atoms with E-state index in [1.807, 2.05) is 31.2 Å². The van der Waals surface area contributed by atoms with Crippen molar-refractivity contribution in [2.24, 2.45) is 0 Å². The van der Waals surface area contributed by atoms with Crippen LogP contribution in [0, 0.1) is 6.92 Å². The zero-order valence-electron chi connectivity index (χ0n) is 11.0. The molecule has 0 aliphatic heterocycles. The average Bonchev–Trinajstić information content (AvgIpc) is 2.83. The van der Waals surface area contributed by atoms with Gasteiger partial charge in [0, 0.05) is 18.5 Å². The lowest BCUT2D eigenvalue weighted by atomic mass is 10.1. The van der Waals surface area contributed by atoms with E-state index in [2.05, 4.69) is 0 Å². The van der Waals surface area contributed by atoms with Gasteiger partial charge in [0.05, 0.1) is 6.54 Å². The first-order valence-electron chi connectivity index (χ1n) is 6.06. The topological polar surface area (TPSA) is 33.5 Å². The molecule has 0 N–H and O–H groups in total. The van der Waals surface area contributed by atoms with Gasteiger partial charge in [-0.2, -0.15) is 0 Å². The monoisotopic (exact) mass is 277 g/mol. The van der Waals surface area contributed by atoms with E-state index < -0.39 is 0 Å². The van der Waals surface area contributed by atoms with Crippen molar-refractivity contribution in [1.82, 2.24) is 4.90 Å². The van der Waals surface area contributed by atoms with Crippen LogP contribution in [0.15, 0.2) is 40.8 Å². The van der Waals surface area contributed by atoms with Crippen LogP contribution in [-0.2, 0) is 12.4 Å². The molecule has 1 aromatic carbocycles. The summed E-state index contributed by atoms with van der Waals surface area (Å²) in [6, 6.07) is 11.1. The summed E-state index contributed by atoms with van der Waals surface area (Å²) in [5.74, 6) is 2.05. The summed E-state index contributed by atoms with van der Waals surface area (Å²) in [5, 5.41) is 0. The van der Waals surface area contributed by atoms with Gasteiger partial charge in [-0.15, -0.1) is 11.6 Å². The third-order valence-corrected chi connectivity index (χ3v) is 3.20. The lowest BCUT2D eigenvalue weighted by Gasteiger charge is -2.15. The van der Waals surface area contributed by atoms with Crippen LogP contribution in [0.25, 0.3) is 0 Å². The molecule has 100 valence electrons. The quantitative estimate of drug-likeness (QED) is 0.800. The highest BCUT2D eigenvalue weighted by atomic mass is 35.5. The number of hydrogen-bond acceptors (Lipinski definition) is 2. The molecule has 3 nitrogen and oxygen atoms in total. The molecule has 0 bridgehead atoms. The minimum atomic E-state index is -0.0322. The third kappa shape index (κ3) is 3.38. The highest BCUT2D eigenvalue weighted by molar-refractivity contribution is 6.17. The molecule has 0 aliphatic carbocycles. The summed E-state index contributed by atoms with van der Waals surface area (Å²) in [4.78, 5) is 13.8. The van der Waals surface area contributed by atoms with E-state index in [1.54, 1.807) is 24.1 Å². The van der Waals surface area contributed by atoms with Gasteiger partial charge in [-0.3, -0.25) is 4.79 Å². The maximum absolute atomic E-state index is 12.2. The molecule has 0 spiro atoms. The van der Waals surface area contributed by atoms with Crippen LogP contribution < -0.4 is 0 Å². The predicted molar refractivity (Wildman–Crippen MR) is 75.2 cm³/mol. The Morgan fingerprint density at radius 2 is 1.89 bits per heavy atom. The molecule has 1 amide bonds. The minimum Gasteiger partial charge on any atom is -0.464 e. The molecule has 0 radical (unpaired) electrons. The van der Waals surface area contributed by atoms with Crippen LogP contribution in [0.5, 0.6) is 0 Å². The Morgan fingerprint density at radius 1 is 1.21 bits per heavy atom. The van der Waals surface area contributed by atoms with E-state index in [1.165, 1.54) is 0 Å². The summed E-state index contributed by atoms with van der Waals surface area (Å²) in [5.41, 5.74) is 1.65. The normalized spacial score (nSPS) is 10.5. The maximum atomic E-state index is 12.2. The Balaban J connectivity index is 2.05. The van der Waals surface area contributed by atoms with Gasteiger partial charge in [0.25, 0.3) is 5.91 Å². The number of halogens is 1. The molecule has 1 aromatic heterocycles. The van der Waals surface area contributed by atoms with Crippen molar-refractivity contribution in [2.45, 2.75) is 19.3 Å². The predicted octanol–water partition coefficient (Wildman–Crippen LogP) is 3.60. The number of benzene rings is 1. The zero-order valence-corrected chi connectivity index (χ0v) is 11.8. The summed E-state index contributed by atoms with van der Waals surface area (Å²) >= 11 is 5.72. The van der Waals surface area contributed by atoms with Crippen LogP contribution in [0.4, 0.5) is 0 Å². The van der Waals surface area contributed by atoms with Gasteiger partial charge < -0.3 is 9.32 Å². The van der Waals surface area contributed by atoms with Crippen molar-refractivity contribution in [3.8, 4) is 0 Å². The van der Waals surface area contributed by atoms with Crippen molar-refractivity contribution in [3.63, 3.8) is 0 Å². The molecule has 4 heteroatoms. The Hall–Kier alpha value is -1.74. The second-order valence-electron chi connectivity index (χ2n) is 4.50. The van der Waals surface area contributed by atoms with Gasteiger partial charge in [-0.25, -0.2) is 0 Å². The average molecular weight is 278 g/mol. The fourth-order valence-corrected chi connectivity index (χ4v) is 2.01. The number of hydrogen-bond donors (Lipinski definition) is 0. The lowest BCUT2D eigenvalue weighted by molar-refractivity contribution is 0.0775. The zero-order chi connectivity index (χ0) is 13.8. The highest BCUT2D eigenvalue weighted by Crippen LogP contribution is 2.12. The second kappa shape index (κ2) is 5.93. The molecule has 0 saturated heterocycles. The SMILES string of the molecule is Cc1ccc(CN(C)C(=O)c2ccc(CCl)cc2)o1. The first-order valence-corrected chi connectivity index (χ1v) is 6.59. The molecule has 0 unspecified atom stereocenters. The van der Waals surface area contributed by atoms with Gasteiger partial charge in [0.15, 0.2) is 0 Å². The number of alkyl halides is 1. The number of amides is 1. The van der Waals surface area contributed by atoms with Crippen LogP contribution in [0.2, 0.25) is 0 Å². The van der Waals surface area contributed by atoms with Gasteiger partial charge in [0.2, 0.25) is 0 Å². The molecule has 0 atom stereocenters. The summed E-state index contributed by atoms with van der Waals surface area (Å²) in [6.45, 7) is 2.35. The number of nitrogens with zero attached hydrogens (tertiary/aromatic N) is 1. The van der Waals surface area contributed by atoms with Crippen LogP contribution in [0.3, 0.4) is 0 Å². The standard InChI is InChI=1S/C15H16ClNO2/c1-11-3-8-14(19-11)10-17(2)15(18)13-6-4-12(9-16)5-7-13/h3-8H,9-10H2,1-2H3. The Kier molecular flexibility index (Phi) is 4.27. The largest absolute Gasteiger partial charge is 0.464 e.